The zero-order valence-electron chi connectivity index (χ0n) is 34.2. The summed E-state index contributed by atoms with van der Waals surface area (Å²) >= 11 is 18.3. The molecule has 0 aliphatic carbocycles. The highest BCUT2D eigenvalue weighted by atomic mass is 79.9. The molecule has 0 unspecified atom stereocenters. The van der Waals surface area contributed by atoms with Crippen LogP contribution in [-0.4, -0.2) is 57.9 Å². The van der Waals surface area contributed by atoms with Gasteiger partial charge in [-0.25, -0.2) is 4.79 Å². The van der Waals surface area contributed by atoms with Gasteiger partial charge >= 0.3 is 18.0 Å². The van der Waals surface area contributed by atoms with Crippen LogP contribution in [0.2, 0.25) is 10.0 Å². The third kappa shape index (κ3) is 21.6. The lowest BCUT2D eigenvalue weighted by atomic mass is 10.0. The molecule has 4 aromatic rings. The van der Waals surface area contributed by atoms with Crippen molar-refractivity contribution in [1.82, 2.24) is 5.32 Å². The van der Waals surface area contributed by atoms with Gasteiger partial charge in [-0.2, -0.15) is 13.5 Å². The number of carbonyl (C=O) groups excluding carboxylic acids is 5. The molecule has 2 atom stereocenters. The molecule has 62 heavy (non-hydrogen) atoms. The fourth-order valence-electron chi connectivity index (χ4n) is 4.56. The number of hydrogen-bond donors (Lipinski definition) is 4. The number of halogens is 4. The van der Waals surface area contributed by atoms with Crippen LogP contribution in [0.1, 0.15) is 109 Å². The van der Waals surface area contributed by atoms with Crippen molar-refractivity contribution < 1.29 is 43.3 Å². The molecule has 4 aromatic carbocycles. The summed E-state index contributed by atoms with van der Waals surface area (Å²) in [5.41, 5.74) is 7.16. The summed E-state index contributed by atoms with van der Waals surface area (Å²) in [6.07, 6.45) is -0.777. The normalized spacial score (nSPS) is 11.3. The predicted octanol–water partition coefficient (Wildman–Crippen LogP) is 11.9. The number of hydrogen-bond acceptors (Lipinski definition) is 9. The van der Waals surface area contributed by atoms with E-state index >= 15 is 0 Å². The van der Waals surface area contributed by atoms with Gasteiger partial charge in [-0.1, -0.05) is 76.8 Å². The van der Waals surface area contributed by atoms with Crippen LogP contribution in [0.5, 0.6) is 0 Å². The summed E-state index contributed by atoms with van der Waals surface area (Å²) in [4.78, 5) is 71.0. The number of nitrogens with one attached hydrogen (secondary N) is 2. The van der Waals surface area contributed by atoms with Gasteiger partial charge in [0.15, 0.2) is 11.6 Å². The predicted molar refractivity (Wildman–Crippen MR) is 261 cm³/mol. The second kappa shape index (κ2) is 26.9. The maximum Gasteiger partial charge on any atom is 0.408 e. The second-order valence-corrected chi connectivity index (χ2v) is 17.7. The molecule has 0 aromatic heterocycles. The number of esters is 1. The van der Waals surface area contributed by atoms with Gasteiger partial charge in [-0.3, -0.25) is 24.0 Å². The van der Waals surface area contributed by atoms with Crippen LogP contribution in [0, 0.1) is 5.92 Å². The van der Waals surface area contributed by atoms with Crippen molar-refractivity contribution >= 4 is 115 Å². The van der Waals surface area contributed by atoms with Gasteiger partial charge in [-0.05, 0) is 133 Å². The van der Waals surface area contributed by atoms with Crippen LogP contribution in [0.15, 0.2) is 93.9 Å². The molecule has 0 fully saturated rings. The Labute approximate surface area is 398 Å². The van der Waals surface area contributed by atoms with Crippen molar-refractivity contribution in [3.8, 4) is 0 Å². The molecule has 340 valence electrons. The van der Waals surface area contributed by atoms with E-state index in [4.69, 9.17) is 43.5 Å². The summed E-state index contributed by atoms with van der Waals surface area (Å²) < 4.78 is 11.6. The number of rotatable bonds is 10. The summed E-state index contributed by atoms with van der Waals surface area (Å²) in [5, 5.41) is 14.8. The molecule has 5 N–H and O–H groups in total. The molecule has 0 spiro atoms. The first-order chi connectivity index (χ1) is 27.3. The van der Waals surface area contributed by atoms with Crippen LogP contribution in [0.3, 0.4) is 0 Å². The minimum absolute atomic E-state index is 0. The number of nitrogens with two attached hydrogens (primary N) is 1. The number of anilines is 2. The Kier molecular flexibility index (Phi) is 25.9. The number of ketones is 2. The van der Waals surface area contributed by atoms with E-state index in [1.165, 1.54) is 13.8 Å². The molecule has 2 amide bonds. The molecule has 0 radical (unpaired) electrons. The highest BCUT2D eigenvalue weighted by Crippen LogP contribution is 2.26. The Hall–Kier alpha value is -4.41. The van der Waals surface area contributed by atoms with Gasteiger partial charge < -0.3 is 30.9 Å². The van der Waals surface area contributed by atoms with Gasteiger partial charge in [0, 0.05) is 46.9 Å². The summed E-state index contributed by atoms with van der Waals surface area (Å²) in [6.45, 7) is 13.4. The molecule has 4 rings (SSSR count). The van der Waals surface area contributed by atoms with Crippen LogP contribution < -0.4 is 16.4 Å². The maximum atomic E-state index is 12.9. The zero-order chi connectivity index (χ0) is 44.8. The topological polar surface area (TPSA) is 191 Å². The molecule has 0 bridgehead atoms. The van der Waals surface area contributed by atoms with Crippen molar-refractivity contribution in [2.24, 2.45) is 5.92 Å². The Bertz CT molecular complexity index is 2140. The van der Waals surface area contributed by atoms with E-state index in [0.29, 0.717) is 48.1 Å². The fraction of sp³-hybridized carbons (Fsp3) is 0.333. The van der Waals surface area contributed by atoms with Crippen molar-refractivity contribution in [3.05, 3.63) is 126 Å². The quantitative estimate of drug-likeness (QED) is 0.0675. The monoisotopic (exact) mass is 1040 g/mol. The van der Waals surface area contributed by atoms with Crippen LogP contribution in [0.4, 0.5) is 16.2 Å². The first-order valence-electron chi connectivity index (χ1n) is 18.0. The van der Waals surface area contributed by atoms with Gasteiger partial charge in [-0.15, -0.1) is 0 Å². The lowest BCUT2D eigenvalue weighted by molar-refractivity contribution is -0.159. The van der Waals surface area contributed by atoms with Crippen LogP contribution in [-0.2, 0) is 23.9 Å². The van der Waals surface area contributed by atoms with E-state index < -0.39 is 47.1 Å². The Balaban J connectivity index is 0. The molecule has 17 heteroatoms. The van der Waals surface area contributed by atoms with Gasteiger partial charge in [0.1, 0.15) is 17.2 Å². The third-order valence-electron chi connectivity index (χ3n) is 7.40. The van der Waals surface area contributed by atoms with E-state index in [9.17, 15) is 28.8 Å². The standard InChI is InChI=1S/C21H22BrClN2O4.C13H9BrClNO.C9H16O4.2CH4.H2S/c1-12(24-20(28)29-21(2,3)4)19(27)25-17-10-7-14(22)11-16(17)18(26)13-5-8-15(23)9-6-13;14-9-3-6-12(16)11(7-9)13(17)8-1-4-10(15)5-2-8;1-6(8(11)12)5-7(10)13-9(2,3)4;;;/h5-12H,1-4H3,(H,24,28)(H,25,27);1-7H,16H2;6H,5H2,1-4H3,(H,11,12);2*1H4;1H2/t12-;;6-;;;/m1.1.../s1. The van der Waals surface area contributed by atoms with E-state index in [2.05, 4.69) is 42.5 Å². The number of carboxylic acid groups (broad SMARTS) is 1. The molecule has 0 aliphatic rings. The van der Waals surface area contributed by atoms with Gasteiger partial charge in [0.05, 0.1) is 18.0 Å². The van der Waals surface area contributed by atoms with E-state index in [0.717, 1.165) is 4.47 Å². The lowest BCUT2D eigenvalue weighted by Crippen LogP contribution is -2.44. The van der Waals surface area contributed by atoms with Crippen molar-refractivity contribution in [2.75, 3.05) is 11.1 Å². The maximum absolute atomic E-state index is 12.9. The van der Waals surface area contributed by atoms with Gasteiger partial charge in [0.25, 0.3) is 0 Å². The number of ether oxygens (including phenoxy) is 2. The van der Waals surface area contributed by atoms with Gasteiger partial charge in [0.2, 0.25) is 5.91 Å². The number of carbonyl (C=O) groups is 6. The number of alkyl carbamates (subject to hydrolysis) is 1. The highest BCUT2D eigenvalue weighted by molar-refractivity contribution is 9.10. The number of carboxylic acids is 1. The average molecular weight is 1050 g/mol. The first-order valence-corrected chi connectivity index (χ1v) is 20.3. The molecular weight excluding hydrogens is 989 g/mol. The van der Waals surface area contributed by atoms with Crippen LogP contribution in [0.25, 0.3) is 0 Å². The first kappa shape index (κ1) is 59.7. The summed E-state index contributed by atoms with van der Waals surface area (Å²) in [7, 11) is 0. The van der Waals surface area contributed by atoms with Crippen molar-refractivity contribution in [1.29, 1.82) is 0 Å². The summed E-state index contributed by atoms with van der Waals surface area (Å²) in [5.74, 6) is -3.00. The number of amides is 2. The highest BCUT2D eigenvalue weighted by Gasteiger charge is 2.24. The summed E-state index contributed by atoms with van der Waals surface area (Å²) in [6, 6.07) is 22.5. The number of benzene rings is 4. The number of aliphatic carboxylic acids is 1. The van der Waals surface area contributed by atoms with E-state index in [1.807, 2.05) is 0 Å². The second-order valence-electron chi connectivity index (χ2n) is 15.0. The zero-order valence-corrected chi connectivity index (χ0v) is 39.9. The number of nitrogen functional groups attached to an aromatic ring is 1. The van der Waals surface area contributed by atoms with Crippen LogP contribution >= 0.6 is 68.6 Å². The smallest absolute Gasteiger partial charge is 0.408 e. The Morgan fingerprint density at radius 2 is 1.11 bits per heavy atom. The molecule has 12 nitrogen and oxygen atoms in total. The minimum Gasteiger partial charge on any atom is -0.481 e. The fourth-order valence-corrected chi connectivity index (χ4v) is 5.54. The average Bonchev–Trinajstić information content (AvgIpc) is 3.12. The molecule has 0 saturated heterocycles. The molecular formula is C45H57Br2Cl2N3O9S. The third-order valence-corrected chi connectivity index (χ3v) is 8.89. The minimum atomic E-state index is -0.981. The lowest BCUT2D eigenvalue weighted by Gasteiger charge is -2.22. The molecule has 0 aliphatic heterocycles. The largest absolute Gasteiger partial charge is 0.481 e. The SMILES string of the molecule is C.C.C[C@@H](NC(=O)OC(C)(C)C)C(=O)Nc1ccc(Br)cc1C(=O)c1ccc(Cl)cc1.C[C@H](CC(=O)OC(C)(C)C)C(=O)O.Nc1ccc(Br)cc1C(=O)c1ccc(Cl)cc1.S. The van der Waals surface area contributed by atoms with Crippen molar-refractivity contribution in [2.45, 2.75) is 93.9 Å². The Morgan fingerprint density at radius 1 is 0.694 bits per heavy atom. The molecule has 0 saturated carbocycles. The van der Waals surface area contributed by atoms with E-state index in [1.54, 1.807) is 126 Å². The van der Waals surface area contributed by atoms with E-state index in [-0.39, 0.29) is 46.3 Å². The molecule has 0 heterocycles. The van der Waals surface area contributed by atoms with Crippen molar-refractivity contribution in [3.63, 3.8) is 0 Å². The Morgan fingerprint density at radius 3 is 1.55 bits per heavy atom.